The van der Waals surface area contributed by atoms with Crippen molar-refractivity contribution >= 4 is 28.5 Å². The number of benzene rings is 1. The van der Waals surface area contributed by atoms with Crippen LogP contribution in [-0.4, -0.2) is 16.1 Å². The Hall–Kier alpha value is -2.13. The summed E-state index contributed by atoms with van der Waals surface area (Å²) in [5.41, 5.74) is -0.510. The standard InChI is InChI=1S/C16H15ClF2N2O2/c1-16(2,3)23-13(22)8-21-11-5-4-9(7-20)14(17)10(11)6-12(21)15(18)19/h4-6,15H,8H2,1-3H3. The van der Waals surface area contributed by atoms with Crippen LogP contribution < -0.4 is 0 Å². The molecule has 4 nitrogen and oxygen atoms in total. The molecule has 0 saturated carbocycles. The maximum atomic E-state index is 13.3. The molecule has 2 aromatic rings. The van der Waals surface area contributed by atoms with Crippen LogP contribution in [0.15, 0.2) is 18.2 Å². The number of nitriles is 1. The highest BCUT2D eigenvalue weighted by Crippen LogP contribution is 2.33. The zero-order chi connectivity index (χ0) is 17.4. The van der Waals surface area contributed by atoms with Gasteiger partial charge in [0, 0.05) is 5.39 Å². The average Bonchev–Trinajstić information content (AvgIpc) is 2.77. The fourth-order valence-electron chi connectivity index (χ4n) is 2.27. The van der Waals surface area contributed by atoms with Crippen LogP contribution in [0.2, 0.25) is 5.02 Å². The van der Waals surface area contributed by atoms with Gasteiger partial charge in [-0.1, -0.05) is 11.6 Å². The lowest BCUT2D eigenvalue weighted by Crippen LogP contribution is -2.27. The van der Waals surface area contributed by atoms with Crippen LogP contribution in [0.25, 0.3) is 10.9 Å². The van der Waals surface area contributed by atoms with Gasteiger partial charge in [-0.15, -0.1) is 0 Å². The molecule has 0 N–H and O–H groups in total. The number of nitrogens with zero attached hydrogens (tertiary/aromatic N) is 2. The first kappa shape index (κ1) is 17.2. The van der Waals surface area contributed by atoms with Crippen LogP contribution in [0.3, 0.4) is 0 Å². The summed E-state index contributed by atoms with van der Waals surface area (Å²) in [6.45, 7) is 4.73. The first-order chi connectivity index (χ1) is 10.6. The van der Waals surface area contributed by atoms with Crippen molar-refractivity contribution in [1.82, 2.24) is 4.57 Å². The minimum Gasteiger partial charge on any atom is -0.459 e. The average molecular weight is 341 g/mol. The number of hydrogen-bond donors (Lipinski definition) is 0. The van der Waals surface area contributed by atoms with Crippen LogP contribution in [0.1, 0.15) is 38.5 Å². The first-order valence-electron chi connectivity index (χ1n) is 6.86. The molecule has 0 atom stereocenters. The van der Waals surface area contributed by atoms with E-state index in [0.717, 1.165) is 0 Å². The molecule has 1 aromatic carbocycles. The van der Waals surface area contributed by atoms with Gasteiger partial charge in [0.05, 0.1) is 21.8 Å². The maximum absolute atomic E-state index is 13.3. The molecule has 0 amide bonds. The predicted octanol–water partition coefficient (Wildman–Crippen LogP) is 4.45. The second-order valence-corrected chi connectivity index (χ2v) is 6.39. The molecule has 1 aromatic heterocycles. The van der Waals surface area contributed by atoms with Crippen molar-refractivity contribution in [2.24, 2.45) is 0 Å². The molecule has 0 aliphatic rings. The van der Waals surface area contributed by atoms with E-state index in [4.69, 9.17) is 21.6 Å². The van der Waals surface area contributed by atoms with Gasteiger partial charge >= 0.3 is 5.97 Å². The van der Waals surface area contributed by atoms with E-state index in [1.807, 2.05) is 6.07 Å². The number of esters is 1. The maximum Gasteiger partial charge on any atom is 0.326 e. The van der Waals surface area contributed by atoms with E-state index in [2.05, 4.69) is 0 Å². The van der Waals surface area contributed by atoms with Gasteiger partial charge in [0.2, 0.25) is 0 Å². The van der Waals surface area contributed by atoms with Gasteiger partial charge < -0.3 is 9.30 Å². The molecule has 0 saturated heterocycles. The van der Waals surface area contributed by atoms with E-state index in [-0.39, 0.29) is 22.8 Å². The minimum absolute atomic E-state index is 0.0924. The summed E-state index contributed by atoms with van der Waals surface area (Å²) < 4.78 is 32.9. The Morgan fingerprint density at radius 3 is 2.61 bits per heavy atom. The molecule has 1 heterocycles. The van der Waals surface area contributed by atoms with Crippen LogP contribution >= 0.6 is 11.6 Å². The van der Waals surface area contributed by atoms with Crippen molar-refractivity contribution in [3.8, 4) is 6.07 Å². The van der Waals surface area contributed by atoms with Gasteiger partial charge in [-0.25, -0.2) is 8.78 Å². The summed E-state index contributed by atoms with van der Waals surface area (Å²) in [7, 11) is 0. The van der Waals surface area contributed by atoms with E-state index in [1.165, 1.54) is 22.8 Å². The fourth-order valence-corrected chi connectivity index (χ4v) is 2.52. The molecular formula is C16H15ClF2N2O2. The molecule has 0 aliphatic carbocycles. The Labute approximate surface area is 137 Å². The number of fused-ring (bicyclic) bond motifs is 1. The van der Waals surface area contributed by atoms with Crippen molar-refractivity contribution in [2.45, 2.75) is 39.3 Å². The van der Waals surface area contributed by atoms with E-state index >= 15 is 0 Å². The van der Waals surface area contributed by atoms with Gasteiger partial charge in [-0.2, -0.15) is 5.26 Å². The molecule has 0 radical (unpaired) electrons. The smallest absolute Gasteiger partial charge is 0.326 e. The van der Waals surface area contributed by atoms with Gasteiger partial charge in [-0.3, -0.25) is 4.79 Å². The lowest BCUT2D eigenvalue weighted by molar-refractivity contribution is -0.155. The van der Waals surface area contributed by atoms with Crippen LogP contribution in [0, 0.1) is 11.3 Å². The first-order valence-corrected chi connectivity index (χ1v) is 7.23. The van der Waals surface area contributed by atoms with Crippen molar-refractivity contribution in [2.75, 3.05) is 0 Å². The summed E-state index contributed by atoms with van der Waals surface area (Å²) in [4.78, 5) is 12.0. The van der Waals surface area contributed by atoms with Crippen molar-refractivity contribution in [1.29, 1.82) is 5.26 Å². The number of carbonyl (C=O) groups is 1. The highest BCUT2D eigenvalue weighted by Gasteiger charge is 2.23. The van der Waals surface area contributed by atoms with Crippen LogP contribution in [0.5, 0.6) is 0 Å². The van der Waals surface area contributed by atoms with Crippen molar-refractivity contribution in [3.63, 3.8) is 0 Å². The zero-order valence-corrected chi connectivity index (χ0v) is 13.6. The minimum atomic E-state index is -2.79. The molecule has 0 aliphatic heterocycles. The third-order valence-corrected chi connectivity index (χ3v) is 3.51. The molecule has 7 heteroatoms. The molecule has 0 spiro atoms. The molecule has 23 heavy (non-hydrogen) atoms. The summed E-state index contributed by atoms with van der Waals surface area (Å²) in [5, 5.41) is 9.37. The van der Waals surface area contributed by atoms with Gasteiger partial charge in [0.25, 0.3) is 6.43 Å². The lowest BCUT2D eigenvalue weighted by Gasteiger charge is -2.20. The Morgan fingerprint density at radius 1 is 1.43 bits per heavy atom. The summed E-state index contributed by atoms with van der Waals surface area (Å²) in [5.74, 6) is -0.627. The SMILES string of the molecule is CC(C)(C)OC(=O)Cn1c(C(F)F)cc2c(Cl)c(C#N)ccc21. The summed E-state index contributed by atoms with van der Waals surface area (Å²) >= 11 is 6.08. The highest BCUT2D eigenvalue weighted by molar-refractivity contribution is 6.36. The van der Waals surface area contributed by atoms with E-state index in [9.17, 15) is 13.6 Å². The summed E-state index contributed by atoms with van der Waals surface area (Å²) in [6.07, 6.45) is -2.79. The topological polar surface area (TPSA) is 55.0 Å². The highest BCUT2D eigenvalue weighted by atomic mass is 35.5. The Morgan fingerprint density at radius 2 is 2.09 bits per heavy atom. The second-order valence-electron chi connectivity index (χ2n) is 6.01. The second kappa shape index (κ2) is 6.17. The quantitative estimate of drug-likeness (QED) is 0.776. The number of ether oxygens (including phenoxy) is 1. The monoisotopic (exact) mass is 340 g/mol. The van der Waals surface area contributed by atoms with Crippen molar-refractivity contribution in [3.05, 3.63) is 34.5 Å². The Bertz CT molecular complexity index is 801. The van der Waals surface area contributed by atoms with E-state index in [1.54, 1.807) is 20.8 Å². The van der Waals surface area contributed by atoms with Crippen LogP contribution in [-0.2, 0) is 16.1 Å². The number of alkyl halides is 2. The third-order valence-electron chi connectivity index (χ3n) is 3.10. The molecule has 0 unspecified atom stereocenters. The Kier molecular flexibility index (Phi) is 4.62. The third kappa shape index (κ3) is 3.62. The van der Waals surface area contributed by atoms with Gasteiger partial charge in [0.15, 0.2) is 0 Å². The number of rotatable bonds is 3. The zero-order valence-electron chi connectivity index (χ0n) is 12.9. The lowest BCUT2D eigenvalue weighted by atomic mass is 10.1. The normalized spacial score (nSPS) is 11.7. The Balaban J connectivity index is 2.53. The van der Waals surface area contributed by atoms with E-state index < -0.39 is 18.0 Å². The van der Waals surface area contributed by atoms with E-state index in [0.29, 0.717) is 10.9 Å². The van der Waals surface area contributed by atoms with Crippen molar-refractivity contribution < 1.29 is 18.3 Å². The molecule has 122 valence electrons. The fraction of sp³-hybridized carbons (Fsp3) is 0.375. The largest absolute Gasteiger partial charge is 0.459 e. The predicted molar refractivity (Wildman–Crippen MR) is 82.5 cm³/mol. The van der Waals surface area contributed by atoms with Crippen LogP contribution in [0.4, 0.5) is 8.78 Å². The molecule has 0 bridgehead atoms. The molecule has 0 fully saturated rings. The number of halogens is 3. The number of aromatic nitrogens is 1. The molecule has 2 rings (SSSR count). The number of hydrogen-bond acceptors (Lipinski definition) is 3. The summed E-state index contributed by atoms with van der Waals surface area (Å²) in [6, 6.07) is 6.03. The molecular weight excluding hydrogens is 326 g/mol. The number of carbonyl (C=O) groups excluding carboxylic acids is 1. The van der Waals surface area contributed by atoms with Gasteiger partial charge in [-0.05, 0) is 39.0 Å². The van der Waals surface area contributed by atoms with Gasteiger partial charge in [0.1, 0.15) is 18.2 Å².